The summed E-state index contributed by atoms with van der Waals surface area (Å²) < 4.78 is 22.3. The van der Waals surface area contributed by atoms with Gasteiger partial charge in [-0.2, -0.15) is 0 Å². The topological polar surface area (TPSA) is 80.5 Å². The molecule has 0 aromatic rings. The Balaban J connectivity index is 2.51. The average Bonchev–Trinajstić information content (AvgIpc) is 2.00. The Kier molecular flexibility index (Phi) is 3.40. The van der Waals surface area contributed by atoms with E-state index in [4.69, 9.17) is 5.73 Å². The molecule has 0 bridgehead atoms. The van der Waals surface area contributed by atoms with E-state index in [0.29, 0.717) is 13.1 Å². The molecule has 0 atom stereocenters. The number of sulfone groups is 1. The van der Waals surface area contributed by atoms with Crippen LogP contribution in [-0.2, 0) is 14.6 Å². The van der Waals surface area contributed by atoms with Gasteiger partial charge in [-0.15, -0.1) is 0 Å². The first-order valence-corrected chi connectivity index (χ1v) is 6.79. The molecule has 5 nitrogen and oxygen atoms in total. The summed E-state index contributed by atoms with van der Waals surface area (Å²) in [6, 6.07) is 0. The predicted octanol–water partition coefficient (Wildman–Crippen LogP) is -0.629. The number of rotatable bonds is 2. The lowest BCUT2D eigenvalue weighted by Crippen LogP contribution is -2.47. The van der Waals surface area contributed by atoms with Gasteiger partial charge in [0.15, 0.2) is 9.84 Å². The van der Waals surface area contributed by atoms with Gasteiger partial charge in [0, 0.05) is 25.0 Å². The lowest BCUT2D eigenvalue weighted by Gasteiger charge is -2.29. The van der Waals surface area contributed by atoms with Crippen LogP contribution < -0.4 is 5.73 Å². The molecule has 15 heavy (non-hydrogen) atoms. The van der Waals surface area contributed by atoms with Gasteiger partial charge in [-0.3, -0.25) is 4.79 Å². The maximum atomic E-state index is 11.7. The van der Waals surface area contributed by atoms with Gasteiger partial charge in [0.2, 0.25) is 5.91 Å². The Morgan fingerprint density at radius 2 is 1.80 bits per heavy atom. The van der Waals surface area contributed by atoms with E-state index in [1.165, 1.54) is 0 Å². The first-order chi connectivity index (χ1) is 6.70. The van der Waals surface area contributed by atoms with Gasteiger partial charge in [-0.05, 0) is 13.8 Å². The van der Waals surface area contributed by atoms with E-state index >= 15 is 0 Å². The van der Waals surface area contributed by atoms with Crippen LogP contribution in [0.4, 0.5) is 0 Å². The van der Waals surface area contributed by atoms with E-state index < -0.39 is 15.4 Å². The van der Waals surface area contributed by atoms with Crippen molar-refractivity contribution in [3.63, 3.8) is 0 Å². The van der Waals surface area contributed by atoms with Crippen LogP contribution in [-0.4, -0.2) is 49.4 Å². The third-order valence-corrected chi connectivity index (χ3v) is 3.91. The number of hydrogen-bond acceptors (Lipinski definition) is 4. The highest BCUT2D eigenvalue weighted by molar-refractivity contribution is 7.91. The minimum absolute atomic E-state index is 0.0580. The van der Waals surface area contributed by atoms with Crippen molar-refractivity contribution in [1.29, 1.82) is 0 Å². The Hall–Kier alpha value is -0.620. The summed E-state index contributed by atoms with van der Waals surface area (Å²) in [7, 11) is -2.92. The van der Waals surface area contributed by atoms with Crippen molar-refractivity contribution in [2.24, 2.45) is 5.73 Å². The van der Waals surface area contributed by atoms with E-state index in [0.717, 1.165) is 0 Å². The fraction of sp³-hybridized carbons (Fsp3) is 0.889. The van der Waals surface area contributed by atoms with Crippen molar-refractivity contribution in [3.05, 3.63) is 0 Å². The van der Waals surface area contributed by atoms with Crippen molar-refractivity contribution in [1.82, 2.24) is 4.90 Å². The molecule has 1 heterocycles. The summed E-state index contributed by atoms with van der Waals surface area (Å²) in [4.78, 5) is 13.3. The summed E-state index contributed by atoms with van der Waals surface area (Å²) in [5, 5.41) is 0. The summed E-state index contributed by atoms with van der Waals surface area (Å²) in [6.07, 6.45) is 0.257. The number of carbonyl (C=O) groups is 1. The molecule has 1 rings (SSSR count). The van der Waals surface area contributed by atoms with E-state index in [1.807, 2.05) is 0 Å². The molecule has 0 spiro atoms. The minimum atomic E-state index is -2.92. The van der Waals surface area contributed by atoms with Crippen LogP contribution in [0.3, 0.4) is 0 Å². The quantitative estimate of drug-likeness (QED) is 0.690. The minimum Gasteiger partial charge on any atom is -0.341 e. The summed E-state index contributed by atoms with van der Waals surface area (Å²) in [5.41, 5.74) is 5.20. The second-order valence-corrected chi connectivity index (χ2v) is 7.00. The van der Waals surface area contributed by atoms with Crippen molar-refractivity contribution >= 4 is 15.7 Å². The highest BCUT2D eigenvalue weighted by atomic mass is 32.2. The zero-order valence-electron chi connectivity index (χ0n) is 9.19. The average molecular weight is 234 g/mol. The lowest BCUT2D eigenvalue weighted by molar-refractivity contribution is -0.131. The maximum Gasteiger partial charge on any atom is 0.224 e. The molecule has 0 unspecified atom stereocenters. The number of carbonyl (C=O) groups excluding carboxylic acids is 1. The molecular weight excluding hydrogens is 216 g/mol. The van der Waals surface area contributed by atoms with Gasteiger partial charge in [-0.1, -0.05) is 0 Å². The van der Waals surface area contributed by atoms with Gasteiger partial charge < -0.3 is 10.6 Å². The van der Waals surface area contributed by atoms with Crippen molar-refractivity contribution in [3.8, 4) is 0 Å². The highest BCUT2D eigenvalue weighted by Gasteiger charge is 2.27. The molecule has 0 radical (unpaired) electrons. The van der Waals surface area contributed by atoms with Crippen LogP contribution in [0, 0.1) is 0 Å². The van der Waals surface area contributed by atoms with E-state index in [2.05, 4.69) is 0 Å². The fourth-order valence-corrected chi connectivity index (χ4v) is 2.66. The van der Waals surface area contributed by atoms with Crippen molar-refractivity contribution in [2.75, 3.05) is 24.6 Å². The first kappa shape index (κ1) is 12.4. The second kappa shape index (κ2) is 4.09. The maximum absolute atomic E-state index is 11.7. The third-order valence-electron chi connectivity index (χ3n) is 2.30. The fourth-order valence-electron chi connectivity index (χ4n) is 1.46. The Bertz CT molecular complexity index is 329. The zero-order valence-corrected chi connectivity index (χ0v) is 10.0. The van der Waals surface area contributed by atoms with Crippen molar-refractivity contribution in [2.45, 2.75) is 25.8 Å². The van der Waals surface area contributed by atoms with Gasteiger partial charge in [0.1, 0.15) is 0 Å². The van der Waals surface area contributed by atoms with Gasteiger partial charge in [0.25, 0.3) is 0 Å². The molecule has 88 valence electrons. The van der Waals surface area contributed by atoms with E-state index in [9.17, 15) is 13.2 Å². The zero-order chi connectivity index (χ0) is 11.7. The van der Waals surface area contributed by atoms with Crippen LogP contribution in [0.25, 0.3) is 0 Å². The summed E-state index contributed by atoms with van der Waals surface area (Å²) in [5.74, 6) is 0.0883. The second-order valence-electron chi connectivity index (χ2n) is 4.70. The molecule has 1 saturated heterocycles. The SMILES string of the molecule is CC(C)(N)CC(=O)N1CCS(=O)(=O)CC1. The van der Waals surface area contributed by atoms with Crippen LogP contribution in [0.1, 0.15) is 20.3 Å². The molecule has 1 fully saturated rings. The molecule has 1 aliphatic rings. The Morgan fingerprint density at radius 1 is 1.33 bits per heavy atom. The van der Waals surface area contributed by atoms with Crippen molar-refractivity contribution < 1.29 is 13.2 Å². The first-order valence-electron chi connectivity index (χ1n) is 4.97. The van der Waals surface area contributed by atoms with Gasteiger partial charge in [-0.25, -0.2) is 8.42 Å². The largest absolute Gasteiger partial charge is 0.341 e. The molecule has 1 aliphatic heterocycles. The molecule has 6 heteroatoms. The number of amides is 1. The molecule has 0 saturated carbocycles. The van der Waals surface area contributed by atoms with Crippen LogP contribution in [0.5, 0.6) is 0 Å². The summed E-state index contributed by atoms with van der Waals surface area (Å²) in [6.45, 7) is 4.17. The number of nitrogens with zero attached hydrogens (tertiary/aromatic N) is 1. The Morgan fingerprint density at radius 3 is 2.20 bits per heavy atom. The third kappa shape index (κ3) is 4.17. The van der Waals surface area contributed by atoms with E-state index in [-0.39, 0.29) is 23.8 Å². The lowest BCUT2D eigenvalue weighted by atomic mass is 10.0. The Labute approximate surface area is 90.5 Å². The predicted molar refractivity (Wildman–Crippen MR) is 58.1 cm³/mol. The number of nitrogens with two attached hydrogens (primary N) is 1. The highest BCUT2D eigenvalue weighted by Crippen LogP contribution is 2.10. The molecular formula is C9H18N2O3S. The van der Waals surface area contributed by atoms with Crippen LogP contribution >= 0.6 is 0 Å². The summed E-state index contributed by atoms with van der Waals surface area (Å²) >= 11 is 0. The molecule has 0 aliphatic carbocycles. The standard InChI is InChI=1S/C9H18N2O3S/c1-9(2,10)7-8(12)11-3-5-15(13,14)6-4-11/h3-7,10H2,1-2H3. The van der Waals surface area contributed by atoms with Crippen LogP contribution in [0.2, 0.25) is 0 Å². The van der Waals surface area contributed by atoms with E-state index in [1.54, 1.807) is 18.7 Å². The van der Waals surface area contributed by atoms with Crippen LogP contribution in [0.15, 0.2) is 0 Å². The molecule has 0 aromatic heterocycles. The molecule has 1 amide bonds. The monoisotopic (exact) mass is 234 g/mol. The van der Waals surface area contributed by atoms with Gasteiger partial charge >= 0.3 is 0 Å². The number of hydrogen-bond donors (Lipinski definition) is 1. The molecule has 2 N–H and O–H groups in total. The normalized spacial score (nSPS) is 21.4. The molecule has 0 aromatic carbocycles. The smallest absolute Gasteiger partial charge is 0.224 e. The van der Waals surface area contributed by atoms with Gasteiger partial charge in [0.05, 0.1) is 11.5 Å².